The minimum absolute atomic E-state index is 0.295. The summed E-state index contributed by atoms with van der Waals surface area (Å²) in [6, 6.07) is 0. The van der Waals surface area contributed by atoms with Gasteiger partial charge in [-0.15, -0.1) is 0 Å². The molecule has 3 nitrogen and oxygen atoms in total. The molecular formula is C17H28N2O. The van der Waals surface area contributed by atoms with Gasteiger partial charge in [0.05, 0.1) is 11.4 Å². The summed E-state index contributed by atoms with van der Waals surface area (Å²) in [7, 11) is 0. The third-order valence-corrected chi connectivity index (χ3v) is 6.16. The molecule has 4 aliphatic carbocycles. The van der Waals surface area contributed by atoms with Crippen molar-refractivity contribution in [1.29, 1.82) is 0 Å². The number of amidine groups is 1. The number of rotatable bonds is 2. The van der Waals surface area contributed by atoms with Crippen LogP contribution in [0.25, 0.3) is 0 Å². The van der Waals surface area contributed by atoms with Gasteiger partial charge in [0.1, 0.15) is 0 Å². The molecule has 2 N–H and O–H groups in total. The lowest BCUT2D eigenvalue weighted by Crippen LogP contribution is -2.57. The number of aliphatic hydroxyl groups is 1. The molecule has 5 aliphatic rings. The molecule has 112 valence electrons. The van der Waals surface area contributed by atoms with Crippen LogP contribution in [-0.2, 0) is 0 Å². The van der Waals surface area contributed by atoms with Gasteiger partial charge >= 0.3 is 0 Å². The van der Waals surface area contributed by atoms with Crippen molar-refractivity contribution in [3.05, 3.63) is 0 Å². The van der Waals surface area contributed by atoms with Crippen LogP contribution in [0.5, 0.6) is 0 Å². The highest BCUT2D eigenvalue weighted by atomic mass is 16.3. The van der Waals surface area contributed by atoms with Crippen molar-refractivity contribution in [3.63, 3.8) is 0 Å². The van der Waals surface area contributed by atoms with Gasteiger partial charge in [-0.3, -0.25) is 4.99 Å². The van der Waals surface area contributed by atoms with E-state index in [1.54, 1.807) is 0 Å². The first-order valence-electron chi connectivity index (χ1n) is 8.35. The van der Waals surface area contributed by atoms with Crippen LogP contribution < -0.4 is 5.32 Å². The molecule has 5 rings (SSSR count). The molecular weight excluding hydrogens is 248 g/mol. The van der Waals surface area contributed by atoms with Crippen molar-refractivity contribution in [2.24, 2.45) is 27.7 Å². The van der Waals surface area contributed by atoms with E-state index in [0.717, 1.165) is 50.6 Å². The normalized spacial score (nSPS) is 48.9. The highest BCUT2D eigenvalue weighted by Gasteiger charge is 2.57. The number of nitrogens with one attached hydrogen (secondary N) is 1. The maximum absolute atomic E-state index is 10.8. The average molecular weight is 276 g/mol. The molecule has 3 heteroatoms. The molecule has 1 aliphatic heterocycles. The molecule has 0 saturated heterocycles. The zero-order valence-electron chi connectivity index (χ0n) is 12.9. The standard InChI is InChI=1S/C17H28N2O/c1-15(2)10-18-14(19-11-15)8-16-4-12-3-13(5-16)7-17(20,6-12)9-16/h12-13,20H,3-11H2,1-2H3,(H,18,19). The van der Waals surface area contributed by atoms with E-state index in [4.69, 9.17) is 4.99 Å². The van der Waals surface area contributed by atoms with E-state index in [9.17, 15) is 5.11 Å². The summed E-state index contributed by atoms with van der Waals surface area (Å²) in [4.78, 5) is 4.80. The van der Waals surface area contributed by atoms with E-state index in [-0.39, 0.29) is 5.60 Å². The first-order chi connectivity index (χ1) is 9.36. The minimum atomic E-state index is -0.335. The third-order valence-electron chi connectivity index (χ3n) is 6.16. The second-order valence-electron chi connectivity index (χ2n) is 9.14. The Bertz CT molecular complexity index is 440. The zero-order valence-corrected chi connectivity index (χ0v) is 12.9. The Morgan fingerprint density at radius 3 is 2.45 bits per heavy atom. The van der Waals surface area contributed by atoms with Crippen molar-refractivity contribution < 1.29 is 5.11 Å². The van der Waals surface area contributed by atoms with Gasteiger partial charge < -0.3 is 10.4 Å². The lowest BCUT2D eigenvalue weighted by Gasteiger charge is -2.60. The highest BCUT2D eigenvalue weighted by molar-refractivity contribution is 5.83. The second kappa shape index (κ2) is 4.00. The Morgan fingerprint density at radius 2 is 1.90 bits per heavy atom. The van der Waals surface area contributed by atoms with Crippen molar-refractivity contribution >= 4 is 5.84 Å². The summed E-state index contributed by atoms with van der Waals surface area (Å²) in [6.45, 7) is 6.53. The minimum Gasteiger partial charge on any atom is -0.390 e. The van der Waals surface area contributed by atoms with Gasteiger partial charge in [-0.25, -0.2) is 0 Å². The molecule has 2 atom stereocenters. The topological polar surface area (TPSA) is 44.6 Å². The zero-order chi connectivity index (χ0) is 14.0. The van der Waals surface area contributed by atoms with Crippen LogP contribution >= 0.6 is 0 Å². The largest absolute Gasteiger partial charge is 0.390 e. The fourth-order valence-electron chi connectivity index (χ4n) is 5.84. The van der Waals surface area contributed by atoms with Gasteiger partial charge in [-0.1, -0.05) is 13.8 Å². The molecule has 0 aromatic heterocycles. The molecule has 0 aromatic rings. The SMILES string of the molecule is CC1(C)CN=C(CC23CC4CC(CC(O)(C4)C2)C3)NC1. The van der Waals surface area contributed by atoms with E-state index in [1.165, 1.54) is 25.1 Å². The number of aliphatic imine (C=N–C) groups is 1. The Kier molecular flexibility index (Phi) is 2.62. The van der Waals surface area contributed by atoms with Crippen molar-refractivity contribution in [2.45, 2.75) is 64.4 Å². The number of hydrogen-bond acceptors (Lipinski definition) is 3. The van der Waals surface area contributed by atoms with Crippen LogP contribution in [0.4, 0.5) is 0 Å². The van der Waals surface area contributed by atoms with Crippen molar-refractivity contribution in [1.82, 2.24) is 5.32 Å². The maximum Gasteiger partial charge on any atom is 0.0969 e. The van der Waals surface area contributed by atoms with E-state index in [2.05, 4.69) is 19.2 Å². The first kappa shape index (κ1) is 13.1. The fourth-order valence-corrected chi connectivity index (χ4v) is 5.84. The predicted octanol–water partition coefficient (Wildman–Crippen LogP) is 2.74. The van der Waals surface area contributed by atoms with Crippen molar-refractivity contribution in [2.75, 3.05) is 13.1 Å². The van der Waals surface area contributed by atoms with Crippen molar-refractivity contribution in [3.8, 4) is 0 Å². The molecule has 0 spiro atoms. The quantitative estimate of drug-likeness (QED) is 0.814. The third kappa shape index (κ3) is 2.18. The summed E-state index contributed by atoms with van der Waals surface area (Å²) in [6.07, 6.45) is 8.27. The van der Waals surface area contributed by atoms with Gasteiger partial charge in [-0.05, 0) is 55.8 Å². The van der Waals surface area contributed by atoms with E-state index < -0.39 is 0 Å². The molecule has 4 saturated carbocycles. The van der Waals surface area contributed by atoms with Crippen LogP contribution in [-0.4, -0.2) is 29.6 Å². The predicted molar refractivity (Wildman–Crippen MR) is 80.8 cm³/mol. The Hall–Kier alpha value is -0.570. The number of nitrogens with zero attached hydrogens (tertiary/aromatic N) is 1. The summed E-state index contributed by atoms with van der Waals surface area (Å²) in [5.74, 6) is 2.78. The monoisotopic (exact) mass is 276 g/mol. The average Bonchev–Trinajstić information content (AvgIpc) is 2.28. The highest BCUT2D eigenvalue weighted by Crippen LogP contribution is 2.62. The molecule has 20 heavy (non-hydrogen) atoms. The summed E-state index contributed by atoms with van der Waals surface area (Å²) >= 11 is 0. The van der Waals surface area contributed by atoms with E-state index >= 15 is 0 Å². The molecule has 4 bridgehead atoms. The fraction of sp³-hybridized carbons (Fsp3) is 0.941. The van der Waals surface area contributed by atoms with E-state index in [0.29, 0.717) is 10.8 Å². The summed E-state index contributed by atoms with van der Waals surface area (Å²) < 4.78 is 0. The van der Waals surface area contributed by atoms with Gasteiger partial charge in [0.25, 0.3) is 0 Å². The molecule has 0 amide bonds. The van der Waals surface area contributed by atoms with Crippen LogP contribution in [0.2, 0.25) is 0 Å². The molecule has 1 heterocycles. The maximum atomic E-state index is 10.8. The van der Waals surface area contributed by atoms with Gasteiger partial charge in [0.15, 0.2) is 0 Å². The van der Waals surface area contributed by atoms with Crippen LogP contribution in [0.1, 0.15) is 58.8 Å². The van der Waals surface area contributed by atoms with Crippen LogP contribution in [0, 0.1) is 22.7 Å². The molecule has 0 aromatic carbocycles. The lowest BCUT2D eigenvalue weighted by atomic mass is 9.47. The summed E-state index contributed by atoms with van der Waals surface area (Å²) in [5.41, 5.74) is 0.313. The molecule has 4 fully saturated rings. The van der Waals surface area contributed by atoms with Gasteiger partial charge in [0, 0.05) is 24.9 Å². The van der Waals surface area contributed by atoms with Crippen LogP contribution in [0.15, 0.2) is 4.99 Å². The first-order valence-corrected chi connectivity index (χ1v) is 8.35. The molecule has 0 radical (unpaired) electrons. The second-order valence-corrected chi connectivity index (χ2v) is 9.14. The summed E-state index contributed by atoms with van der Waals surface area (Å²) in [5, 5.41) is 14.4. The van der Waals surface area contributed by atoms with Gasteiger partial charge in [-0.2, -0.15) is 0 Å². The number of hydrogen-bond donors (Lipinski definition) is 2. The lowest BCUT2D eigenvalue weighted by molar-refractivity contribution is -0.161. The van der Waals surface area contributed by atoms with Gasteiger partial charge in [0.2, 0.25) is 0 Å². The smallest absolute Gasteiger partial charge is 0.0969 e. The Morgan fingerprint density at radius 1 is 1.20 bits per heavy atom. The Balaban J connectivity index is 1.53. The van der Waals surface area contributed by atoms with Crippen LogP contribution in [0.3, 0.4) is 0 Å². The van der Waals surface area contributed by atoms with E-state index in [1.807, 2.05) is 0 Å². The Labute approximate surface area is 122 Å². The molecule has 2 unspecified atom stereocenters.